The van der Waals surface area contributed by atoms with Gasteiger partial charge in [-0.2, -0.15) is 0 Å². The van der Waals surface area contributed by atoms with E-state index < -0.39 is 0 Å². The van der Waals surface area contributed by atoms with Crippen LogP contribution in [-0.4, -0.2) is 37.7 Å². The van der Waals surface area contributed by atoms with Gasteiger partial charge in [-0.05, 0) is 57.8 Å². The molecule has 2 N–H and O–H groups in total. The molecule has 0 aromatic rings. The molecule has 0 aromatic carbocycles. The Labute approximate surface area is 147 Å². The molecule has 0 atom stereocenters. The molecule has 5 nitrogen and oxygen atoms in total. The predicted molar refractivity (Wildman–Crippen MR) is 98.1 cm³/mol. The molecule has 138 valence electrons. The summed E-state index contributed by atoms with van der Waals surface area (Å²) in [6.45, 7) is 8.59. The van der Waals surface area contributed by atoms with Gasteiger partial charge in [0, 0.05) is 19.1 Å². The Bertz CT molecular complexity index is 422. The Morgan fingerprint density at radius 1 is 1.17 bits per heavy atom. The van der Waals surface area contributed by atoms with Crippen LogP contribution in [0.1, 0.15) is 72.1 Å². The standard InChI is InChI=1S/C19H35N3O2/c1-4-20-18(21-14-19(3)12-6-7-13-19)22-16-10-8-15(9-11-16)17(23)24-5-2/h15-16H,4-14H2,1-3H3,(H2,20,21,22). The second kappa shape index (κ2) is 9.28. The van der Waals surface area contributed by atoms with E-state index >= 15 is 0 Å². The molecule has 2 aliphatic rings. The molecule has 0 unspecified atom stereocenters. The summed E-state index contributed by atoms with van der Waals surface area (Å²) in [6.07, 6.45) is 9.10. The van der Waals surface area contributed by atoms with Gasteiger partial charge in [0.15, 0.2) is 5.96 Å². The number of ether oxygens (including phenoxy) is 1. The molecular formula is C19H35N3O2. The molecule has 2 fully saturated rings. The molecule has 2 aliphatic carbocycles. The number of hydrogen-bond donors (Lipinski definition) is 2. The second-order valence-corrected chi connectivity index (χ2v) is 7.66. The van der Waals surface area contributed by atoms with Gasteiger partial charge in [0.05, 0.1) is 12.5 Å². The quantitative estimate of drug-likeness (QED) is 0.444. The van der Waals surface area contributed by atoms with Crippen LogP contribution in [0.15, 0.2) is 4.99 Å². The number of esters is 1. The Morgan fingerprint density at radius 2 is 1.83 bits per heavy atom. The summed E-state index contributed by atoms with van der Waals surface area (Å²) in [5, 5.41) is 6.95. The van der Waals surface area contributed by atoms with E-state index in [-0.39, 0.29) is 11.9 Å². The number of rotatable bonds is 6. The molecule has 0 saturated heterocycles. The van der Waals surface area contributed by atoms with Crippen LogP contribution < -0.4 is 10.6 Å². The van der Waals surface area contributed by atoms with E-state index in [9.17, 15) is 4.79 Å². The number of carbonyl (C=O) groups excluding carboxylic acids is 1. The van der Waals surface area contributed by atoms with Crippen molar-refractivity contribution in [3.05, 3.63) is 0 Å². The zero-order chi connectivity index (χ0) is 17.4. The molecule has 24 heavy (non-hydrogen) atoms. The molecule has 0 bridgehead atoms. The lowest BCUT2D eigenvalue weighted by Crippen LogP contribution is -2.45. The Hall–Kier alpha value is -1.26. The summed E-state index contributed by atoms with van der Waals surface area (Å²) < 4.78 is 5.15. The third-order valence-electron chi connectivity index (χ3n) is 5.46. The summed E-state index contributed by atoms with van der Waals surface area (Å²) in [6, 6.07) is 0.407. The van der Waals surface area contributed by atoms with Gasteiger partial charge in [0.2, 0.25) is 0 Å². The van der Waals surface area contributed by atoms with Crippen molar-refractivity contribution >= 4 is 11.9 Å². The van der Waals surface area contributed by atoms with Crippen molar-refractivity contribution in [2.45, 2.75) is 78.2 Å². The van der Waals surface area contributed by atoms with Crippen molar-refractivity contribution in [2.24, 2.45) is 16.3 Å². The SMILES string of the molecule is CCNC(=NCC1(C)CCCC1)NC1CCC(C(=O)OCC)CC1. The van der Waals surface area contributed by atoms with E-state index in [1.807, 2.05) is 6.92 Å². The fourth-order valence-electron chi connectivity index (χ4n) is 3.90. The molecule has 0 spiro atoms. The van der Waals surface area contributed by atoms with E-state index in [1.54, 1.807) is 0 Å². The van der Waals surface area contributed by atoms with E-state index in [0.717, 1.165) is 44.7 Å². The van der Waals surface area contributed by atoms with Crippen LogP contribution in [0.25, 0.3) is 0 Å². The third kappa shape index (κ3) is 5.67. The fraction of sp³-hybridized carbons (Fsp3) is 0.895. The third-order valence-corrected chi connectivity index (χ3v) is 5.46. The van der Waals surface area contributed by atoms with E-state index in [0.29, 0.717) is 18.1 Å². The van der Waals surface area contributed by atoms with Crippen molar-refractivity contribution in [2.75, 3.05) is 19.7 Å². The lowest BCUT2D eigenvalue weighted by atomic mass is 9.86. The first-order valence-corrected chi connectivity index (χ1v) is 9.78. The van der Waals surface area contributed by atoms with Crippen molar-refractivity contribution in [1.29, 1.82) is 0 Å². The molecule has 5 heteroatoms. The molecular weight excluding hydrogens is 302 g/mol. The van der Waals surface area contributed by atoms with Crippen molar-refractivity contribution in [1.82, 2.24) is 10.6 Å². The smallest absolute Gasteiger partial charge is 0.308 e. The van der Waals surface area contributed by atoms with Crippen molar-refractivity contribution in [3.63, 3.8) is 0 Å². The molecule has 2 saturated carbocycles. The Balaban J connectivity index is 1.82. The highest BCUT2D eigenvalue weighted by molar-refractivity contribution is 5.80. The highest BCUT2D eigenvalue weighted by atomic mass is 16.5. The van der Waals surface area contributed by atoms with Crippen LogP contribution >= 0.6 is 0 Å². The zero-order valence-electron chi connectivity index (χ0n) is 15.7. The highest BCUT2D eigenvalue weighted by Crippen LogP contribution is 2.37. The first-order valence-electron chi connectivity index (χ1n) is 9.78. The summed E-state index contributed by atoms with van der Waals surface area (Å²) in [4.78, 5) is 16.7. The maximum absolute atomic E-state index is 11.8. The summed E-state index contributed by atoms with van der Waals surface area (Å²) in [5.41, 5.74) is 0.379. The minimum Gasteiger partial charge on any atom is -0.466 e. The average molecular weight is 338 g/mol. The van der Waals surface area contributed by atoms with Crippen LogP contribution in [0.2, 0.25) is 0 Å². The predicted octanol–water partition coefficient (Wildman–Crippen LogP) is 3.24. The maximum atomic E-state index is 11.8. The molecule has 0 heterocycles. The van der Waals surface area contributed by atoms with Gasteiger partial charge < -0.3 is 15.4 Å². The second-order valence-electron chi connectivity index (χ2n) is 7.66. The lowest BCUT2D eigenvalue weighted by Gasteiger charge is -2.29. The number of nitrogens with one attached hydrogen (secondary N) is 2. The normalized spacial score (nSPS) is 26.9. The topological polar surface area (TPSA) is 62.7 Å². The summed E-state index contributed by atoms with van der Waals surface area (Å²) in [5.74, 6) is 0.996. The van der Waals surface area contributed by atoms with Gasteiger partial charge in [-0.3, -0.25) is 9.79 Å². The molecule has 0 aliphatic heterocycles. The Kier molecular flexibility index (Phi) is 7.38. The first-order chi connectivity index (χ1) is 11.6. The van der Waals surface area contributed by atoms with Gasteiger partial charge in [0.1, 0.15) is 0 Å². The number of hydrogen-bond acceptors (Lipinski definition) is 3. The van der Waals surface area contributed by atoms with E-state index in [2.05, 4.69) is 24.5 Å². The molecule has 2 rings (SSSR count). The van der Waals surface area contributed by atoms with E-state index in [4.69, 9.17) is 9.73 Å². The summed E-state index contributed by atoms with van der Waals surface area (Å²) in [7, 11) is 0. The van der Waals surface area contributed by atoms with Crippen LogP contribution in [0.4, 0.5) is 0 Å². The number of aliphatic imine (C=N–C) groups is 1. The van der Waals surface area contributed by atoms with Gasteiger partial charge in [-0.15, -0.1) is 0 Å². The molecule has 0 aromatic heterocycles. The van der Waals surface area contributed by atoms with E-state index in [1.165, 1.54) is 25.7 Å². The van der Waals surface area contributed by atoms with Crippen LogP contribution in [-0.2, 0) is 9.53 Å². The minimum atomic E-state index is -0.0225. The van der Waals surface area contributed by atoms with Crippen LogP contribution in [0.5, 0.6) is 0 Å². The first kappa shape index (κ1) is 19.1. The van der Waals surface area contributed by atoms with Gasteiger partial charge in [0.25, 0.3) is 0 Å². The highest BCUT2D eigenvalue weighted by Gasteiger charge is 2.29. The fourth-order valence-corrected chi connectivity index (χ4v) is 3.90. The largest absolute Gasteiger partial charge is 0.466 e. The summed E-state index contributed by atoms with van der Waals surface area (Å²) >= 11 is 0. The number of carbonyl (C=O) groups is 1. The van der Waals surface area contributed by atoms with Crippen LogP contribution in [0.3, 0.4) is 0 Å². The number of guanidine groups is 1. The van der Waals surface area contributed by atoms with Crippen LogP contribution in [0, 0.1) is 11.3 Å². The average Bonchev–Trinajstić information content (AvgIpc) is 3.01. The lowest BCUT2D eigenvalue weighted by molar-refractivity contribution is -0.149. The minimum absolute atomic E-state index is 0.0225. The molecule has 0 amide bonds. The Morgan fingerprint density at radius 3 is 2.42 bits per heavy atom. The van der Waals surface area contributed by atoms with Crippen molar-refractivity contribution < 1.29 is 9.53 Å². The number of nitrogens with zero attached hydrogens (tertiary/aromatic N) is 1. The van der Waals surface area contributed by atoms with Gasteiger partial charge in [-0.25, -0.2) is 0 Å². The maximum Gasteiger partial charge on any atom is 0.308 e. The monoisotopic (exact) mass is 337 g/mol. The molecule has 0 radical (unpaired) electrons. The van der Waals surface area contributed by atoms with Gasteiger partial charge in [-0.1, -0.05) is 19.8 Å². The van der Waals surface area contributed by atoms with Gasteiger partial charge >= 0.3 is 5.97 Å². The van der Waals surface area contributed by atoms with Crippen molar-refractivity contribution in [3.8, 4) is 0 Å². The zero-order valence-corrected chi connectivity index (χ0v) is 15.7.